The molecule has 0 saturated carbocycles. The number of hydrogen-bond acceptors (Lipinski definition) is 5. The molecule has 0 aliphatic heterocycles. The van der Waals surface area contributed by atoms with Crippen molar-refractivity contribution < 1.29 is 0 Å². The summed E-state index contributed by atoms with van der Waals surface area (Å²) in [5, 5.41) is 15.3. The second kappa shape index (κ2) is 11.1. The minimum atomic E-state index is 0.466. The highest BCUT2D eigenvalue weighted by atomic mass is 32.2. The lowest BCUT2D eigenvalue weighted by atomic mass is 9.99. The summed E-state index contributed by atoms with van der Waals surface area (Å²) in [6.45, 7) is 1.55. The molecule has 0 radical (unpaired) electrons. The Bertz CT molecular complexity index is 940. The first-order valence-electron chi connectivity index (χ1n) is 9.58. The number of aromatic nitrogens is 1. The monoisotopic (exact) mass is 402 g/mol. The topological polar surface area (TPSA) is 60.8 Å². The molecule has 5 heteroatoms. The lowest BCUT2D eigenvalue weighted by Gasteiger charge is -2.13. The summed E-state index contributed by atoms with van der Waals surface area (Å²) in [6.07, 6.45) is 9.33. The molecule has 0 amide bonds. The molecule has 0 aliphatic carbocycles. The van der Waals surface area contributed by atoms with Crippen molar-refractivity contribution in [1.29, 1.82) is 5.41 Å². The van der Waals surface area contributed by atoms with E-state index in [0.717, 1.165) is 40.2 Å². The van der Waals surface area contributed by atoms with Crippen LogP contribution in [0.1, 0.15) is 11.1 Å². The van der Waals surface area contributed by atoms with E-state index in [1.165, 1.54) is 0 Å². The smallest absolute Gasteiger partial charge is 0.0647 e. The maximum Gasteiger partial charge on any atom is 0.0647 e. The normalized spacial score (nSPS) is 10.8. The van der Waals surface area contributed by atoms with Crippen LogP contribution in [0.4, 0.5) is 5.69 Å². The molecule has 0 fully saturated rings. The number of nitrogens with zero attached hydrogens (tertiary/aromatic N) is 1. The first-order chi connectivity index (χ1) is 14.3. The van der Waals surface area contributed by atoms with Crippen LogP contribution in [0.5, 0.6) is 0 Å². The van der Waals surface area contributed by atoms with Crippen molar-refractivity contribution in [2.45, 2.75) is 6.54 Å². The maximum atomic E-state index is 8.61. The lowest BCUT2D eigenvalue weighted by molar-refractivity contribution is 0.864. The van der Waals surface area contributed by atoms with Crippen molar-refractivity contribution in [1.82, 2.24) is 10.3 Å². The Hall–Kier alpha value is -3.05. The van der Waals surface area contributed by atoms with Gasteiger partial charge in [-0.05, 0) is 53.4 Å². The zero-order chi connectivity index (χ0) is 20.3. The molecule has 4 nitrogen and oxygen atoms in total. The Balaban J connectivity index is 1.75. The van der Waals surface area contributed by atoms with Crippen molar-refractivity contribution in [3.05, 3.63) is 96.5 Å². The summed E-state index contributed by atoms with van der Waals surface area (Å²) in [6, 6.07) is 20.5. The summed E-state index contributed by atoms with van der Waals surface area (Å²) in [7, 11) is 0. The van der Waals surface area contributed by atoms with Crippen molar-refractivity contribution in [3.8, 4) is 11.1 Å². The van der Waals surface area contributed by atoms with Crippen molar-refractivity contribution in [3.63, 3.8) is 0 Å². The van der Waals surface area contributed by atoms with E-state index in [1.807, 2.05) is 42.7 Å². The minimum absolute atomic E-state index is 0.466. The maximum absolute atomic E-state index is 8.61. The third kappa shape index (κ3) is 6.22. The molecule has 0 aliphatic rings. The van der Waals surface area contributed by atoms with Crippen LogP contribution < -0.4 is 10.6 Å². The third-order valence-corrected chi connectivity index (χ3v) is 5.05. The molecule has 1 heterocycles. The van der Waals surface area contributed by atoms with Crippen molar-refractivity contribution in [2.75, 3.05) is 23.9 Å². The number of rotatable bonds is 10. The zero-order valence-electron chi connectivity index (χ0n) is 16.6. The number of pyridine rings is 1. The van der Waals surface area contributed by atoms with Gasteiger partial charge in [0.15, 0.2) is 0 Å². The average Bonchev–Trinajstić information content (AvgIpc) is 2.78. The Kier molecular flexibility index (Phi) is 7.90. The van der Waals surface area contributed by atoms with Gasteiger partial charge in [0.25, 0.3) is 0 Å². The van der Waals surface area contributed by atoms with Gasteiger partial charge < -0.3 is 16.0 Å². The predicted octanol–water partition coefficient (Wildman–Crippen LogP) is 5.19. The molecule has 148 valence electrons. The summed E-state index contributed by atoms with van der Waals surface area (Å²) in [4.78, 5) is 4.12. The summed E-state index contributed by atoms with van der Waals surface area (Å²) in [5.41, 5.74) is 5.71. The summed E-state index contributed by atoms with van der Waals surface area (Å²) < 4.78 is 0. The van der Waals surface area contributed by atoms with Gasteiger partial charge in [0.05, 0.1) is 5.71 Å². The summed E-state index contributed by atoms with van der Waals surface area (Å²) >= 11 is 1.80. The number of allylic oxidation sites excluding steroid dienone is 1. The molecule has 0 spiro atoms. The number of nitrogens with one attached hydrogen (secondary N) is 3. The molecule has 29 heavy (non-hydrogen) atoms. The van der Waals surface area contributed by atoms with Crippen LogP contribution in [0.2, 0.25) is 0 Å². The van der Waals surface area contributed by atoms with Gasteiger partial charge in [0.1, 0.15) is 0 Å². The van der Waals surface area contributed by atoms with Gasteiger partial charge in [-0.2, -0.15) is 11.8 Å². The minimum Gasteiger partial charge on any atom is -0.387 e. The predicted molar refractivity (Wildman–Crippen MR) is 126 cm³/mol. The highest BCUT2D eigenvalue weighted by Crippen LogP contribution is 2.26. The number of hydrogen-bond donors (Lipinski definition) is 3. The van der Waals surface area contributed by atoms with Crippen molar-refractivity contribution >= 4 is 23.2 Å². The second-order valence-electron chi connectivity index (χ2n) is 6.54. The fraction of sp³-hybridized carbons (Fsp3) is 0.167. The van der Waals surface area contributed by atoms with Gasteiger partial charge in [0, 0.05) is 42.5 Å². The van der Waals surface area contributed by atoms with Crippen LogP contribution in [-0.4, -0.2) is 29.2 Å². The molecule has 0 unspecified atom stereocenters. The first kappa shape index (κ1) is 20.7. The van der Waals surface area contributed by atoms with Crippen LogP contribution in [0.25, 0.3) is 11.1 Å². The van der Waals surface area contributed by atoms with Gasteiger partial charge >= 0.3 is 0 Å². The SMILES string of the molecule is CSCCNc1ccc(-c2ccccc2)cc1C(=N)/C=C\NCc1cccnc1. The second-order valence-corrected chi connectivity index (χ2v) is 7.52. The molecule has 0 saturated heterocycles. The van der Waals surface area contributed by atoms with E-state index < -0.39 is 0 Å². The standard InChI is InChI=1S/C24H26N4S/c1-29-15-14-28-24-10-9-21(20-7-3-2-4-8-20)16-22(24)23(25)11-13-27-18-19-6-5-12-26-17-19/h2-13,16-17,25,27-28H,14-15,18H2,1H3/b13-11-,25-23?. The van der Waals surface area contributed by atoms with Crippen LogP contribution in [0, 0.1) is 5.41 Å². The van der Waals surface area contributed by atoms with Crippen LogP contribution in [0.3, 0.4) is 0 Å². The van der Waals surface area contributed by atoms with E-state index in [9.17, 15) is 0 Å². The first-order valence-corrected chi connectivity index (χ1v) is 11.0. The fourth-order valence-corrected chi connectivity index (χ4v) is 3.24. The Labute approximate surface area is 177 Å². The number of benzene rings is 2. The van der Waals surface area contributed by atoms with Crippen LogP contribution in [-0.2, 0) is 6.54 Å². The molecule has 1 aromatic heterocycles. The van der Waals surface area contributed by atoms with Gasteiger partial charge in [-0.25, -0.2) is 0 Å². The fourth-order valence-electron chi connectivity index (χ4n) is 2.93. The Morgan fingerprint density at radius 1 is 1.07 bits per heavy atom. The van der Waals surface area contributed by atoms with Crippen LogP contribution in [0.15, 0.2) is 85.3 Å². The molecule has 3 aromatic rings. The third-order valence-electron chi connectivity index (χ3n) is 4.44. The lowest BCUT2D eigenvalue weighted by Crippen LogP contribution is -2.10. The molecule has 3 N–H and O–H groups in total. The highest BCUT2D eigenvalue weighted by molar-refractivity contribution is 7.98. The summed E-state index contributed by atoms with van der Waals surface area (Å²) in [5.74, 6) is 1.02. The molecule has 0 bridgehead atoms. The Morgan fingerprint density at radius 3 is 2.69 bits per heavy atom. The zero-order valence-corrected chi connectivity index (χ0v) is 17.4. The largest absolute Gasteiger partial charge is 0.387 e. The number of anilines is 1. The molecule has 0 atom stereocenters. The van der Waals surface area contributed by atoms with E-state index in [0.29, 0.717) is 12.3 Å². The van der Waals surface area contributed by atoms with E-state index in [1.54, 1.807) is 24.0 Å². The van der Waals surface area contributed by atoms with Crippen LogP contribution >= 0.6 is 11.8 Å². The van der Waals surface area contributed by atoms with Gasteiger partial charge in [-0.15, -0.1) is 0 Å². The van der Waals surface area contributed by atoms with Gasteiger partial charge in [-0.3, -0.25) is 4.98 Å². The van der Waals surface area contributed by atoms with Gasteiger partial charge in [0.2, 0.25) is 0 Å². The molecular weight excluding hydrogens is 376 g/mol. The van der Waals surface area contributed by atoms with Crippen molar-refractivity contribution in [2.24, 2.45) is 0 Å². The molecule has 3 rings (SSSR count). The van der Waals surface area contributed by atoms with E-state index in [2.05, 4.69) is 52.2 Å². The van der Waals surface area contributed by atoms with E-state index in [-0.39, 0.29) is 0 Å². The average molecular weight is 403 g/mol. The molecule has 2 aromatic carbocycles. The number of thioether (sulfide) groups is 1. The highest BCUT2D eigenvalue weighted by Gasteiger charge is 2.08. The van der Waals surface area contributed by atoms with Gasteiger partial charge in [-0.1, -0.05) is 42.5 Å². The Morgan fingerprint density at radius 2 is 1.93 bits per heavy atom. The van der Waals surface area contributed by atoms with E-state index >= 15 is 0 Å². The van der Waals surface area contributed by atoms with E-state index in [4.69, 9.17) is 5.41 Å². The quantitative estimate of drug-likeness (QED) is 0.322. The molecular formula is C24H26N4S.